The van der Waals surface area contributed by atoms with E-state index in [2.05, 4.69) is 17.1 Å². The molecule has 0 aromatic rings. The molecule has 2 saturated carbocycles. The van der Waals surface area contributed by atoms with Crippen molar-refractivity contribution in [1.82, 2.24) is 10.2 Å². The Morgan fingerprint density at radius 3 is 2.57 bits per heavy atom. The summed E-state index contributed by atoms with van der Waals surface area (Å²) in [5.74, 6) is 1.65. The fraction of sp³-hybridized carbons (Fsp3) is 1.00. The fourth-order valence-electron chi connectivity index (χ4n) is 4.86. The number of likely N-dealkylation sites (tertiary alicyclic amines) is 1. The number of nitrogens with zero attached hydrogens (tertiary/aromatic N) is 1. The van der Waals surface area contributed by atoms with Gasteiger partial charge in [0, 0.05) is 12.6 Å². The Hall–Kier alpha value is -0.120. The average Bonchev–Trinajstić information content (AvgIpc) is 3.37. The molecule has 1 aliphatic heterocycles. The number of hydrogen-bond donors (Lipinski definition) is 2. The molecule has 3 heteroatoms. The summed E-state index contributed by atoms with van der Waals surface area (Å²) in [7, 11) is 0. The Morgan fingerprint density at radius 1 is 1.10 bits per heavy atom. The molecule has 3 rings (SSSR count). The first-order valence-electron chi connectivity index (χ1n) is 9.39. The molecule has 0 aromatic carbocycles. The van der Waals surface area contributed by atoms with E-state index in [1.54, 1.807) is 0 Å². The fourth-order valence-corrected chi connectivity index (χ4v) is 4.86. The number of aliphatic hydroxyl groups is 1. The Kier molecular flexibility index (Phi) is 5.23. The van der Waals surface area contributed by atoms with Crippen LogP contribution in [-0.4, -0.2) is 47.8 Å². The van der Waals surface area contributed by atoms with Crippen LogP contribution >= 0.6 is 0 Å². The third kappa shape index (κ3) is 3.46. The quantitative estimate of drug-likeness (QED) is 0.758. The van der Waals surface area contributed by atoms with Crippen molar-refractivity contribution >= 4 is 0 Å². The van der Waals surface area contributed by atoms with E-state index >= 15 is 0 Å². The topological polar surface area (TPSA) is 35.5 Å². The SMILES string of the molecule is CCCNC(CO)(CN1CCCC2CCCCC21)C1CC1. The van der Waals surface area contributed by atoms with Gasteiger partial charge in [-0.05, 0) is 69.9 Å². The highest BCUT2D eigenvalue weighted by Crippen LogP contribution is 2.42. The first kappa shape index (κ1) is 15.8. The van der Waals surface area contributed by atoms with E-state index in [4.69, 9.17) is 0 Å². The van der Waals surface area contributed by atoms with Gasteiger partial charge < -0.3 is 10.4 Å². The van der Waals surface area contributed by atoms with E-state index in [1.165, 1.54) is 57.9 Å². The molecule has 2 aliphatic carbocycles. The zero-order valence-electron chi connectivity index (χ0n) is 13.8. The van der Waals surface area contributed by atoms with Crippen LogP contribution in [0.1, 0.15) is 64.7 Å². The second-order valence-electron chi connectivity index (χ2n) is 7.74. The molecular formula is C18H34N2O. The molecule has 0 bridgehead atoms. The van der Waals surface area contributed by atoms with Gasteiger partial charge in [0.05, 0.1) is 12.1 Å². The summed E-state index contributed by atoms with van der Waals surface area (Å²) in [6, 6.07) is 0.806. The van der Waals surface area contributed by atoms with Gasteiger partial charge >= 0.3 is 0 Å². The minimum Gasteiger partial charge on any atom is -0.394 e. The van der Waals surface area contributed by atoms with Crippen LogP contribution in [0.2, 0.25) is 0 Å². The lowest BCUT2D eigenvalue weighted by Crippen LogP contribution is -2.61. The molecule has 1 heterocycles. The highest BCUT2D eigenvalue weighted by molar-refractivity contribution is 5.04. The lowest BCUT2D eigenvalue weighted by Gasteiger charge is -2.48. The molecule has 0 spiro atoms. The standard InChI is InChI=1S/C18H34N2O/c1-2-11-19-18(14-21,16-9-10-16)13-20-12-5-7-15-6-3-4-8-17(15)20/h15-17,19,21H,2-14H2,1H3. The first-order chi connectivity index (χ1) is 10.3. The summed E-state index contributed by atoms with van der Waals surface area (Å²) in [5, 5.41) is 13.9. The van der Waals surface area contributed by atoms with Gasteiger partial charge in [0.1, 0.15) is 0 Å². The highest BCUT2D eigenvalue weighted by Gasteiger charge is 2.47. The van der Waals surface area contributed by atoms with Crippen LogP contribution in [-0.2, 0) is 0 Å². The molecule has 3 unspecified atom stereocenters. The second-order valence-corrected chi connectivity index (χ2v) is 7.74. The Labute approximate surface area is 130 Å². The van der Waals surface area contributed by atoms with Crippen molar-refractivity contribution in [3.8, 4) is 0 Å². The van der Waals surface area contributed by atoms with E-state index in [9.17, 15) is 5.11 Å². The van der Waals surface area contributed by atoms with Crippen molar-refractivity contribution in [2.75, 3.05) is 26.2 Å². The number of rotatable bonds is 7. The van der Waals surface area contributed by atoms with Crippen LogP contribution < -0.4 is 5.32 Å². The number of fused-ring (bicyclic) bond motifs is 1. The number of piperidine rings is 1. The summed E-state index contributed by atoms with van der Waals surface area (Å²) in [6.45, 7) is 5.91. The van der Waals surface area contributed by atoms with Crippen LogP contribution in [0.4, 0.5) is 0 Å². The predicted molar refractivity (Wildman–Crippen MR) is 87.4 cm³/mol. The first-order valence-corrected chi connectivity index (χ1v) is 9.39. The summed E-state index contributed by atoms with van der Waals surface area (Å²) >= 11 is 0. The molecule has 1 saturated heterocycles. The molecule has 3 nitrogen and oxygen atoms in total. The van der Waals surface area contributed by atoms with Gasteiger partial charge in [-0.3, -0.25) is 4.90 Å². The monoisotopic (exact) mass is 294 g/mol. The molecule has 2 N–H and O–H groups in total. The Bertz CT molecular complexity index is 329. The summed E-state index contributed by atoms with van der Waals surface area (Å²) in [5.41, 5.74) is -0.0185. The minimum atomic E-state index is -0.0185. The Morgan fingerprint density at radius 2 is 1.86 bits per heavy atom. The number of aliphatic hydroxyl groups excluding tert-OH is 1. The molecule has 3 fully saturated rings. The van der Waals surface area contributed by atoms with Crippen LogP contribution in [0.3, 0.4) is 0 Å². The molecule has 0 amide bonds. The van der Waals surface area contributed by atoms with Gasteiger partial charge in [0.2, 0.25) is 0 Å². The maximum Gasteiger partial charge on any atom is 0.0628 e. The second kappa shape index (κ2) is 6.97. The smallest absolute Gasteiger partial charge is 0.0628 e. The lowest BCUT2D eigenvalue weighted by atomic mass is 9.77. The molecule has 3 atom stereocenters. The normalized spacial score (nSPS) is 33.4. The third-order valence-electron chi connectivity index (χ3n) is 6.21. The third-order valence-corrected chi connectivity index (χ3v) is 6.21. The lowest BCUT2D eigenvalue weighted by molar-refractivity contribution is 0.0135. The van der Waals surface area contributed by atoms with E-state index in [1.807, 2.05) is 0 Å². The van der Waals surface area contributed by atoms with Gasteiger partial charge in [0.15, 0.2) is 0 Å². The van der Waals surface area contributed by atoms with Gasteiger partial charge in [-0.25, -0.2) is 0 Å². The summed E-state index contributed by atoms with van der Waals surface area (Å²) < 4.78 is 0. The van der Waals surface area contributed by atoms with Crippen molar-refractivity contribution in [3.63, 3.8) is 0 Å². The molecule has 0 radical (unpaired) electrons. The maximum atomic E-state index is 10.2. The molecule has 3 aliphatic rings. The minimum absolute atomic E-state index is 0.0185. The van der Waals surface area contributed by atoms with Gasteiger partial charge in [-0.2, -0.15) is 0 Å². The average molecular weight is 294 g/mol. The summed E-state index contributed by atoms with van der Waals surface area (Å²) in [4.78, 5) is 2.75. The molecule has 0 aromatic heterocycles. The van der Waals surface area contributed by atoms with Crippen LogP contribution in [0.25, 0.3) is 0 Å². The van der Waals surface area contributed by atoms with Crippen molar-refractivity contribution in [1.29, 1.82) is 0 Å². The van der Waals surface area contributed by atoms with E-state index in [0.29, 0.717) is 12.5 Å². The van der Waals surface area contributed by atoms with Crippen molar-refractivity contribution in [2.24, 2.45) is 11.8 Å². The molecule has 122 valence electrons. The van der Waals surface area contributed by atoms with Gasteiger partial charge in [-0.15, -0.1) is 0 Å². The van der Waals surface area contributed by atoms with E-state index in [-0.39, 0.29) is 5.54 Å². The Balaban J connectivity index is 1.68. The number of nitrogens with one attached hydrogen (secondary N) is 1. The predicted octanol–water partition coefficient (Wildman–Crippen LogP) is 2.78. The van der Waals surface area contributed by atoms with Gasteiger partial charge in [0.25, 0.3) is 0 Å². The maximum absolute atomic E-state index is 10.2. The van der Waals surface area contributed by atoms with E-state index < -0.39 is 0 Å². The molecule has 21 heavy (non-hydrogen) atoms. The van der Waals surface area contributed by atoms with Crippen molar-refractivity contribution in [3.05, 3.63) is 0 Å². The summed E-state index contributed by atoms with van der Waals surface area (Å²) in [6.07, 6.45) is 12.3. The van der Waals surface area contributed by atoms with Crippen LogP contribution in [0, 0.1) is 11.8 Å². The number of hydrogen-bond acceptors (Lipinski definition) is 3. The van der Waals surface area contributed by atoms with Crippen LogP contribution in [0.15, 0.2) is 0 Å². The van der Waals surface area contributed by atoms with E-state index in [0.717, 1.165) is 31.5 Å². The van der Waals surface area contributed by atoms with Crippen molar-refractivity contribution in [2.45, 2.75) is 76.3 Å². The van der Waals surface area contributed by atoms with Crippen molar-refractivity contribution < 1.29 is 5.11 Å². The highest BCUT2D eigenvalue weighted by atomic mass is 16.3. The zero-order valence-corrected chi connectivity index (χ0v) is 13.8. The molecular weight excluding hydrogens is 260 g/mol. The zero-order chi connectivity index (χ0) is 14.7. The largest absolute Gasteiger partial charge is 0.394 e. The van der Waals surface area contributed by atoms with Crippen LogP contribution in [0.5, 0.6) is 0 Å². The van der Waals surface area contributed by atoms with Gasteiger partial charge in [-0.1, -0.05) is 19.8 Å².